The lowest BCUT2D eigenvalue weighted by molar-refractivity contribution is -0.0122. The minimum atomic E-state index is -0.377. The molecule has 1 saturated carbocycles. The van der Waals surface area contributed by atoms with Gasteiger partial charge in [-0.1, -0.05) is 35.3 Å². The van der Waals surface area contributed by atoms with Crippen LogP contribution in [0.1, 0.15) is 50.7 Å². The Hall–Kier alpha value is -0.540. The van der Waals surface area contributed by atoms with Gasteiger partial charge in [0.15, 0.2) is 0 Å². The van der Waals surface area contributed by atoms with Crippen LogP contribution in [0.3, 0.4) is 0 Å². The molecule has 3 rings (SSSR count). The number of halogens is 1. The molecule has 1 fully saturated rings. The fourth-order valence-electron chi connectivity index (χ4n) is 3.43. The topological polar surface area (TPSA) is 29.5 Å². The fraction of sp³-hybridized carbons (Fsp3) is 0.600. The largest absolute Gasteiger partial charge is 0.487 e. The number of hydrogen-bond acceptors (Lipinski definition) is 2. The normalized spacial score (nSPS) is 34.4. The third-order valence-electron chi connectivity index (χ3n) is 4.47. The molecule has 0 bridgehead atoms. The van der Waals surface area contributed by atoms with Gasteiger partial charge in [-0.2, -0.15) is 0 Å². The molecule has 18 heavy (non-hydrogen) atoms. The highest BCUT2D eigenvalue weighted by Crippen LogP contribution is 2.49. The zero-order valence-electron chi connectivity index (χ0n) is 10.7. The van der Waals surface area contributed by atoms with Crippen LogP contribution in [0.5, 0.6) is 5.75 Å². The predicted molar refractivity (Wildman–Crippen MR) is 74.7 cm³/mol. The van der Waals surface area contributed by atoms with Crippen LogP contribution in [0.4, 0.5) is 0 Å². The zero-order chi connectivity index (χ0) is 12.8. The van der Waals surface area contributed by atoms with E-state index in [9.17, 15) is 5.11 Å². The molecule has 0 amide bonds. The van der Waals surface area contributed by atoms with Crippen LogP contribution in [0.15, 0.2) is 22.7 Å². The van der Waals surface area contributed by atoms with Crippen LogP contribution < -0.4 is 4.74 Å². The van der Waals surface area contributed by atoms with Crippen LogP contribution >= 0.6 is 15.9 Å². The third kappa shape index (κ3) is 2.08. The molecule has 98 valence electrons. The van der Waals surface area contributed by atoms with E-state index in [1.165, 1.54) is 12.8 Å². The van der Waals surface area contributed by atoms with Crippen molar-refractivity contribution in [3.8, 4) is 5.75 Å². The van der Waals surface area contributed by atoms with Gasteiger partial charge in [-0.15, -0.1) is 0 Å². The number of rotatable bonds is 1. The number of hydrogen-bond donors (Lipinski definition) is 1. The summed E-state index contributed by atoms with van der Waals surface area (Å²) < 4.78 is 7.28. The first kappa shape index (κ1) is 12.5. The summed E-state index contributed by atoms with van der Waals surface area (Å²) in [5.74, 6) is 1.62. The number of aliphatic hydroxyl groups is 1. The van der Waals surface area contributed by atoms with Crippen molar-refractivity contribution in [2.45, 2.75) is 50.7 Å². The lowest BCUT2D eigenvalue weighted by Gasteiger charge is -2.38. The van der Waals surface area contributed by atoms with Crippen LogP contribution in [0, 0.1) is 5.92 Å². The first-order valence-corrected chi connectivity index (χ1v) is 7.58. The Morgan fingerprint density at radius 1 is 1.44 bits per heavy atom. The van der Waals surface area contributed by atoms with Crippen LogP contribution in [-0.2, 0) is 0 Å². The Balaban J connectivity index is 1.91. The van der Waals surface area contributed by atoms with Gasteiger partial charge in [0.25, 0.3) is 0 Å². The summed E-state index contributed by atoms with van der Waals surface area (Å²) in [6, 6.07) is 5.91. The van der Waals surface area contributed by atoms with Crippen molar-refractivity contribution in [1.29, 1.82) is 0 Å². The summed E-state index contributed by atoms with van der Waals surface area (Å²) in [6.45, 7) is 2.24. The first-order valence-electron chi connectivity index (χ1n) is 6.78. The molecule has 0 saturated heterocycles. The molecule has 2 aliphatic rings. The molecule has 1 aromatic carbocycles. The second-order valence-electron chi connectivity index (χ2n) is 5.70. The van der Waals surface area contributed by atoms with E-state index in [0.717, 1.165) is 41.0 Å². The van der Waals surface area contributed by atoms with Gasteiger partial charge in [-0.3, -0.25) is 0 Å². The minimum Gasteiger partial charge on any atom is -0.487 e. The van der Waals surface area contributed by atoms with Crippen LogP contribution in [0.2, 0.25) is 0 Å². The standard InChI is InChI=1S/C15H19BrO2/c1-2-10-5-6-15(8-10)9-13(17)12-4-3-11(16)7-14(12)18-15/h3-4,7,10,13,17H,2,5-6,8-9H2,1H3/t10?,13-,15?/m0/s1. The maximum absolute atomic E-state index is 10.3. The molecule has 2 nitrogen and oxygen atoms in total. The van der Waals surface area contributed by atoms with Gasteiger partial charge in [0, 0.05) is 16.5 Å². The average molecular weight is 311 g/mol. The van der Waals surface area contributed by atoms with Crippen molar-refractivity contribution in [1.82, 2.24) is 0 Å². The van der Waals surface area contributed by atoms with Crippen molar-refractivity contribution < 1.29 is 9.84 Å². The molecule has 3 atom stereocenters. The van der Waals surface area contributed by atoms with Gasteiger partial charge in [-0.25, -0.2) is 0 Å². The maximum atomic E-state index is 10.3. The van der Waals surface area contributed by atoms with Gasteiger partial charge in [0.2, 0.25) is 0 Å². The molecule has 1 spiro atoms. The summed E-state index contributed by atoms with van der Waals surface area (Å²) in [5.41, 5.74) is 0.817. The van der Waals surface area contributed by atoms with E-state index < -0.39 is 0 Å². The molecule has 1 aromatic rings. The van der Waals surface area contributed by atoms with Crippen molar-refractivity contribution in [2.75, 3.05) is 0 Å². The van der Waals surface area contributed by atoms with Gasteiger partial charge >= 0.3 is 0 Å². The molecule has 1 heterocycles. The van der Waals surface area contributed by atoms with E-state index in [-0.39, 0.29) is 11.7 Å². The average Bonchev–Trinajstić information content (AvgIpc) is 2.71. The molecule has 2 unspecified atom stereocenters. The monoisotopic (exact) mass is 310 g/mol. The first-order chi connectivity index (χ1) is 8.62. The van der Waals surface area contributed by atoms with E-state index in [1.54, 1.807) is 0 Å². The highest BCUT2D eigenvalue weighted by Gasteiger charge is 2.45. The van der Waals surface area contributed by atoms with Gasteiger partial charge < -0.3 is 9.84 Å². The lowest BCUT2D eigenvalue weighted by atomic mass is 9.86. The van der Waals surface area contributed by atoms with E-state index in [4.69, 9.17) is 4.74 Å². The SMILES string of the molecule is CCC1CCC2(C1)C[C@H](O)c1ccc(Br)cc1O2. The highest BCUT2D eigenvalue weighted by atomic mass is 79.9. The fourth-order valence-corrected chi connectivity index (χ4v) is 3.77. The van der Waals surface area contributed by atoms with Gasteiger partial charge in [0.1, 0.15) is 11.4 Å². The van der Waals surface area contributed by atoms with Crippen LogP contribution in [0.25, 0.3) is 0 Å². The Bertz CT molecular complexity index is 460. The molecule has 3 heteroatoms. The van der Waals surface area contributed by atoms with Gasteiger partial charge in [-0.05, 0) is 37.3 Å². The lowest BCUT2D eigenvalue weighted by Crippen LogP contribution is -2.38. The predicted octanol–water partition coefficient (Wildman–Crippen LogP) is 4.21. The van der Waals surface area contributed by atoms with E-state index >= 15 is 0 Å². The van der Waals surface area contributed by atoms with Crippen molar-refractivity contribution in [3.05, 3.63) is 28.2 Å². The second-order valence-corrected chi connectivity index (χ2v) is 6.62. The summed E-state index contributed by atoms with van der Waals surface area (Å²) in [7, 11) is 0. The summed E-state index contributed by atoms with van der Waals surface area (Å²) in [5, 5.41) is 10.3. The minimum absolute atomic E-state index is 0.117. The molecule has 0 radical (unpaired) electrons. The Morgan fingerprint density at radius 3 is 3.00 bits per heavy atom. The molecule has 0 aromatic heterocycles. The quantitative estimate of drug-likeness (QED) is 0.841. The molecule has 1 aliphatic heterocycles. The number of ether oxygens (including phenoxy) is 1. The van der Waals surface area contributed by atoms with Crippen molar-refractivity contribution in [2.24, 2.45) is 5.92 Å². The molecular formula is C15H19BrO2. The third-order valence-corrected chi connectivity index (χ3v) is 4.97. The summed E-state index contributed by atoms with van der Waals surface area (Å²) >= 11 is 3.47. The molecular weight excluding hydrogens is 292 g/mol. The van der Waals surface area contributed by atoms with Gasteiger partial charge in [0.05, 0.1) is 6.10 Å². The number of benzene rings is 1. The van der Waals surface area contributed by atoms with E-state index in [0.29, 0.717) is 0 Å². The van der Waals surface area contributed by atoms with Crippen LogP contribution in [-0.4, -0.2) is 10.7 Å². The smallest absolute Gasteiger partial charge is 0.127 e. The Morgan fingerprint density at radius 2 is 2.28 bits per heavy atom. The number of fused-ring (bicyclic) bond motifs is 1. The van der Waals surface area contributed by atoms with Crippen molar-refractivity contribution >= 4 is 15.9 Å². The van der Waals surface area contributed by atoms with Crippen molar-refractivity contribution in [3.63, 3.8) is 0 Å². The summed E-state index contributed by atoms with van der Waals surface area (Å²) in [4.78, 5) is 0. The second kappa shape index (κ2) is 4.53. The molecule has 1 aliphatic carbocycles. The number of aliphatic hydroxyl groups excluding tert-OH is 1. The van der Waals surface area contributed by atoms with E-state index in [2.05, 4.69) is 22.9 Å². The van der Waals surface area contributed by atoms with E-state index in [1.807, 2.05) is 18.2 Å². The zero-order valence-corrected chi connectivity index (χ0v) is 12.2. The summed E-state index contributed by atoms with van der Waals surface area (Å²) in [6.07, 6.45) is 4.98. The Kier molecular flexibility index (Phi) is 3.15. The molecule has 1 N–H and O–H groups in total. The highest BCUT2D eigenvalue weighted by molar-refractivity contribution is 9.10. The maximum Gasteiger partial charge on any atom is 0.127 e. The Labute approximate surface area is 116 Å².